The minimum absolute atomic E-state index is 0.348. The molecule has 3 heteroatoms. The molecule has 0 amide bonds. The predicted octanol–water partition coefficient (Wildman–Crippen LogP) is 8.14. The van der Waals surface area contributed by atoms with Crippen molar-refractivity contribution in [3.05, 3.63) is 115 Å². The molecule has 1 aliphatic heterocycles. The van der Waals surface area contributed by atoms with E-state index in [2.05, 4.69) is 143 Å². The Morgan fingerprint density at radius 2 is 0.946 bits per heavy atom. The molecule has 0 radical (unpaired) electrons. The van der Waals surface area contributed by atoms with Crippen molar-refractivity contribution in [2.45, 2.75) is 38.9 Å². The zero-order valence-corrected chi connectivity index (χ0v) is 21.9. The number of fused-ring (bicyclic) bond motifs is 1. The third kappa shape index (κ3) is 4.39. The molecule has 1 heterocycles. The van der Waals surface area contributed by atoms with Gasteiger partial charge in [0.15, 0.2) is 0 Å². The molecular weight excluding hydrogens is 451 g/mol. The van der Waals surface area contributed by atoms with E-state index in [1.165, 1.54) is 44.2 Å². The fraction of sp³-hybridized carbons (Fsp3) is 0.176. The van der Waals surface area contributed by atoms with Crippen LogP contribution < -0.4 is 5.46 Å². The zero-order chi connectivity index (χ0) is 25.6. The van der Waals surface area contributed by atoms with Gasteiger partial charge in [-0.1, -0.05) is 109 Å². The van der Waals surface area contributed by atoms with Crippen LogP contribution in [0.5, 0.6) is 0 Å². The second kappa shape index (κ2) is 9.02. The van der Waals surface area contributed by atoms with Gasteiger partial charge >= 0.3 is 7.12 Å². The lowest BCUT2D eigenvalue weighted by Gasteiger charge is -2.32. The fourth-order valence-electron chi connectivity index (χ4n) is 5.02. The van der Waals surface area contributed by atoms with Crippen LogP contribution in [-0.4, -0.2) is 18.3 Å². The Bertz CT molecular complexity index is 1550. The third-order valence-electron chi connectivity index (χ3n) is 7.93. The second-order valence-corrected chi connectivity index (χ2v) is 10.9. The van der Waals surface area contributed by atoms with Gasteiger partial charge in [-0.2, -0.15) is 0 Å². The van der Waals surface area contributed by atoms with Crippen LogP contribution in [0.3, 0.4) is 0 Å². The quantitative estimate of drug-likeness (QED) is 0.241. The summed E-state index contributed by atoms with van der Waals surface area (Å²) in [5, 5.41) is 2.38. The van der Waals surface area contributed by atoms with Gasteiger partial charge in [0, 0.05) is 0 Å². The monoisotopic (exact) mass is 482 g/mol. The lowest BCUT2D eigenvalue weighted by molar-refractivity contribution is 0.00578. The highest BCUT2D eigenvalue weighted by atomic mass is 16.7. The molecule has 1 saturated heterocycles. The molecule has 1 fully saturated rings. The molecule has 6 rings (SSSR count). The summed E-state index contributed by atoms with van der Waals surface area (Å²) in [4.78, 5) is 0. The molecule has 0 unspecified atom stereocenters. The van der Waals surface area contributed by atoms with Crippen molar-refractivity contribution in [1.82, 2.24) is 0 Å². The molecule has 0 aliphatic carbocycles. The van der Waals surface area contributed by atoms with Gasteiger partial charge in [0.1, 0.15) is 0 Å². The van der Waals surface area contributed by atoms with Gasteiger partial charge in [-0.15, -0.1) is 0 Å². The highest BCUT2D eigenvalue weighted by molar-refractivity contribution is 6.62. The normalized spacial score (nSPS) is 16.3. The standard InChI is InChI=1S/C34H31BO2/c1-33(2)34(3,4)37-35(36-33)30-21-20-27-22-29(19-18-28(27)23-30)32-13-9-8-12-31(32)26-16-14-25(15-17-26)24-10-6-5-7-11-24/h5-23H,1-4H3. The molecule has 37 heavy (non-hydrogen) atoms. The van der Waals surface area contributed by atoms with E-state index in [9.17, 15) is 0 Å². The van der Waals surface area contributed by atoms with Gasteiger partial charge in [0.05, 0.1) is 11.2 Å². The molecule has 1 aliphatic rings. The second-order valence-electron chi connectivity index (χ2n) is 10.9. The van der Waals surface area contributed by atoms with Crippen LogP contribution in [0.15, 0.2) is 115 Å². The average molecular weight is 482 g/mol. The van der Waals surface area contributed by atoms with Crippen LogP contribution >= 0.6 is 0 Å². The molecule has 5 aromatic rings. The van der Waals surface area contributed by atoms with Crippen LogP contribution in [0.4, 0.5) is 0 Å². The van der Waals surface area contributed by atoms with E-state index in [1.54, 1.807) is 0 Å². The molecule has 2 nitrogen and oxygen atoms in total. The van der Waals surface area contributed by atoms with E-state index < -0.39 is 0 Å². The Kier molecular flexibility index (Phi) is 5.79. The van der Waals surface area contributed by atoms with Crippen LogP contribution in [0.25, 0.3) is 44.2 Å². The van der Waals surface area contributed by atoms with Gasteiger partial charge < -0.3 is 9.31 Å². The summed E-state index contributed by atoms with van der Waals surface area (Å²) in [6, 6.07) is 41.2. The molecular formula is C34H31BO2. The first kappa shape index (κ1) is 23.7. The molecule has 0 atom stereocenters. The van der Waals surface area contributed by atoms with Crippen molar-refractivity contribution in [3.63, 3.8) is 0 Å². The molecule has 182 valence electrons. The van der Waals surface area contributed by atoms with E-state index in [-0.39, 0.29) is 18.3 Å². The lowest BCUT2D eigenvalue weighted by atomic mass is 9.78. The smallest absolute Gasteiger partial charge is 0.399 e. The maximum absolute atomic E-state index is 6.27. The Labute approximate surface area is 220 Å². The highest BCUT2D eigenvalue weighted by Crippen LogP contribution is 2.37. The molecule has 0 aromatic heterocycles. The Balaban J connectivity index is 1.32. The maximum Gasteiger partial charge on any atom is 0.494 e. The van der Waals surface area contributed by atoms with Crippen LogP contribution in [0.2, 0.25) is 0 Å². The van der Waals surface area contributed by atoms with Crippen molar-refractivity contribution < 1.29 is 9.31 Å². The average Bonchev–Trinajstić information content (AvgIpc) is 3.15. The summed E-state index contributed by atoms with van der Waals surface area (Å²) in [6.45, 7) is 8.36. The summed E-state index contributed by atoms with van der Waals surface area (Å²) in [7, 11) is -0.353. The van der Waals surface area contributed by atoms with E-state index >= 15 is 0 Å². The van der Waals surface area contributed by atoms with Crippen LogP contribution in [0, 0.1) is 0 Å². The summed E-state index contributed by atoms with van der Waals surface area (Å²) in [5.74, 6) is 0. The molecule has 0 saturated carbocycles. The van der Waals surface area contributed by atoms with Crippen molar-refractivity contribution in [2.24, 2.45) is 0 Å². The molecule has 0 spiro atoms. The highest BCUT2D eigenvalue weighted by Gasteiger charge is 2.51. The summed E-state index contributed by atoms with van der Waals surface area (Å²) in [6.07, 6.45) is 0. The predicted molar refractivity (Wildman–Crippen MR) is 156 cm³/mol. The summed E-state index contributed by atoms with van der Waals surface area (Å²) < 4.78 is 12.5. The van der Waals surface area contributed by atoms with Gasteiger partial charge in [-0.25, -0.2) is 0 Å². The van der Waals surface area contributed by atoms with E-state index in [0.29, 0.717) is 0 Å². The maximum atomic E-state index is 6.27. The first-order valence-electron chi connectivity index (χ1n) is 13.0. The number of benzene rings is 5. The third-order valence-corrected chi connectivity index (χ3v) is 7.93. The Morgan fingerprint density at radius 3 is 1.62 bits per heavy atom. The van der Waals surface area contributed by atoms with Crippen molar-refractivity contribution in [2.75, 3.05) is 0 Å². The lowest BCUT2D eigenvalue weighted by Crippen LogP contribution is -2.41. The van der Waals surface area contributed by atoms with Crippen LogP contribution in [0.1, 0.15) is 27.7 Å². The van der Waals surface area contributed by atoms with Crippen molar-refractivity contribution in [3.8, 4) is 33.4 Å². The topological polar surface area (TPSA) is 18.5 Å². The van der Waals surface area contributed by atoms with Crippen molar-refractivity contribution >= 4 is 23.4 Å². The van der Waals surface area contributed by atoms with E-state index in [1.807, 2.05) is 0 Å². The first-order chi connectivity index (χ1) is 17.8. The van der Waals surface area contributed by atoms with Gasteiger partial charge in [-0.3, -0.25) is 0 Å². The first-order valence-corrected chi connectivity index (χ1v) is 13.0. The van der Waals surface area contributed by atoms with Gasteiger partial charge in [-0.05, 0) is 83.4 Å². The van der Waals surface area contributed by atoms with Crippen molar-refractivity contribution in [1.29, 1.82) is 0 Å². The SMILES string of the molecule is CC1(C)OB(c2ccc3cc(-c4ccccc4-c4ccc(-c5ccccc5)cc4)ccc3c2)OC1(C)C. The minimum Gasteiger partial charge on any atom is -0.399 e. The number of hydrogen-bond acceptors (Lipinski definition) is 2. The summed E-state index contributed by atoms with van der Waals surface area (Å²) >= 11 is 0. The summed E-state index contributed by atoms with van der Waals surface area (Å²) in [5.41, 5.74) is 7.70. The molecule has 0 N–H and O–H groups in total. The number of rotatable bonds is 4. The fourth-order valence-corrected chi connectivity index (χ4v) is 5.02. The van der Waals surface area contributed by atoms with Gasteiger partial charge in [0.25, 0.3) is 0 Å². The largest absolute Gasteiger partial charge is 0.494 e. The van der Waals surface area contributed by atoms with E-state index in [4.69, 9.17) is 9.31 Å². The van der Waals surface area contributed by atoms with Crippen LogP contribution in [-0.2, 0) is 9.31 Å². The molecule has 0 bridgehead atoms. The Morgan fingerprint density at radius 1 is 0.459 bits per heavy atom. The van der Waals surface area contributed by atoms with Gasteiger partial charge in [0.2, 0.25) is 0 Å². The number of hydrogen-bond donors (Lipinski definition) is 0. The Hall–Kier alpha value is -3.66. The zero-order valence-electron chi connectivity index (χ0n) is 21.9. The minimum atomic E-state index is -0.353. The van der Waals surface area contributed by atoms with E-state index in [0.717, 1.165) is 5.46 Å². The molecule has 5 aromatic carbocycles.